The Morgan fingerprint density at radius 1 is 1.35 bits per heavy atom. The van der Waals surface area contributed by atoms with Gasteiger partial charge in [0.05, 0.1) is 12.1 Å². The van der Waals surface area contributed by atoms with Gasteiger partial charge < -0.3 is 9.47 Å². The molecule has 0 radical (unpaired) electrons. The van der Waals surface area contributed by atoms with Crippen molar-refractivity contribution in [2.45, 2.75) is 13.1 Å². The molecule has 1 aromatic heterocycles. The van der Waals surface area contributed by atoms with Crippen LogP contribution in [-0.2, 0) is 13.1 Å². The Hall–Kier alpha value is -3.11. The molecule has 0 aliphatic carbocycles. The van der Waals surface area contributed by atoms with Crippen molar-refractivity contribution < 1.29 is 14.8 Å². The lowest BCUT2D eigenvalue weighted by molar-refractivity contribution is 0.0689. The van der Waals surface area contributed by atoms with E-state index in [-0.39, 0.29) is 11.5 Å². The summed E-state index contributed by atoms with van der Waals surface area (Å²) in [4.78, 5) is 29.1. The second-order valence-electron chi connectivity index (χ2n) is 5.26. The lowest BCUT2D eigenvalue weighted by atomic mass is 10.1. The third-order valence-corrected chi connectivity index (χ3v) is 3.79. The van der Waals surface area contributed by atoms with E-state index in [1.807, 2.05) is 6.07 Å². The summed E-state index contributed by atoms with van der Waals surface area (Å²) in [5.41, 5.74) is 3.65. The number of rotatable bonds is 3. The fourth-order valence-electron chi connectivity index (χ4n) is 2.65. The predicted octanol–water partition coefficient (Wildman–Crippen LogP) is 1.81. The van der Waals surface area contributed by atoms with Crippen molar-refractivity contribution in [2.75, 3.05) is 6.54 Å². The zero-order valence-corrected chi connectivity index (χ0v) is 12.2. The Bertz CT molecular complexity index is 819. The minimum Gasteiger partial charge on any atom is -0.341 e. The summed E-state index contributed by atoms with van der Waals surface area (Å²) in [6, 6.07) is 8.62. The van der Waals surface area contributed by atoms with E-state index in [1.165, 1.54) is 6.07 Å². The fourth-order valence-corrected chi connectivity index (χ4v) is 2.65. The number of nitrogens with one attached hydrogen (secondary N) is 1. The highest BCUT2D eigenvalue weighted by Crippen LogP contribution is 2.20. The van der Waals surface area contributed by atoms with Gasteiger partial charge in [0.25, 0.3) is 11.8 Å². The van der Waals surface area contributed by atoms with Crippen LogP contribution in [0.25, 0.3) is 4.85 Å². The van der Waals surface area contributed by atoms with Crippen LogP contribution >= 0.6 is 0 Å². The van der Waals surface area contributed by atoms with Gasteiger partial charge >= 0.3 is 0 Å². The number of benzene rings is 1. The van der Waals surface area contributed by atoms with Crippen LogP contribution in [0.4, 0.5) is 5.69 Å². The summed E-state index contributed by atoms with van der Waals surface area (Å²) in [6.07, 6.45) is 1.55. The maximum atomic E-state index is 12.6. The zero-order valence-electron chi connectivity index (χ0n) is 12.2. The maximum Gasteiger partial charge on any atom is 0.276 e. The number of carbonyl (C=O) groups excluding carboxylic acids is 2. The maximum absolute atomic E-state index is 12.6. The number of hydrogen-bond donors (Lipinski definition) is 2. The van der Waals surface area contributed by atoms with Crippen LogP contribution in [0.2, 0.25) is 0 Å². The van der Waals surface area contributed by atoms with E-state index < -0.39 is 5.91 Å². The summed E-state index contributed by atoms with van der Waals surface area (Å²) >= 11 is 0. The van der Waals surface area contributed by atoms with Crippen LogP contribution in [0, 0.1) is 6.57 Å². The van der Waals surface area contributed by atoms with Gasteiger partial charge in [-0.2, -0.15) is 0 Å². The summed E-state index contributed by atoms with van der Waals surface area (Å²) in [5.74, 6) is -0.822. The van der Waals surface area contributed by atoms with Gasteiger partial charge in [-0.3, -0.25) is 14.8 Å². The minimum absolute atomic E-state index is 0.179. The Balaban J connectivity index is 1.82. The molecule has 7 nitrogen and oxygen atoms in total. The van der Waals surface area contributed by atoms with Crippen molar-refractivity contribution in [1.82, 2.24) is 14.9 Å². The number of hydrogen-bond acceptors (Lipinski definition) is 3. The molecule has 7 heteroatoms. The molecule has 23 heavy (non-hydrogen) atoms. The molecule has 0 atom stereocenters. The molecule has 0 bridgehead atoms. The molecule has 0 saturated heterocycles. The average Bonchev–Trinajstić information content (AvgIpc) is 3.02. The first kappa shape index (κ1) is 14.8. The van der Waals surface area contributed by atoms with E-state index in [0.717, 1.165) is 5.56 Å². The molecular formula is C16H14N4O3. The molecule has 0 saturated carbocycles. The van der Waals surface area contributed by atoms with Crippen LogP contribution in [-0.4, -0.2) is 33.0 Å². The Morgan fingerprint density at radius 3 is 2.91 bits per heavy atom. The molecular weight excluding hydrogens is 296 g/mol. The lowest BCUT2D eigenvalue weighted by Crippen LogP contribution is -2.39. The molecule has 3 rings (SSSR count). The molecule has 2 heterocycles. The monoisotopic (exact) mass is 310 g/mol. The Kier molecular flexibility index (Phi) is 3.83. The van der Waals surface area contributed by atoms with E-state index in [9.17, 15) is 9.59 Å². The van der Waals surface area contributed by atoms with E-state index in [2.05, 4.69) is 4.85 Å². The van der Waals surface area contributed by atoms with Crippen LogP contribution < -0.4 is 5.48 Å². The third-order valence-electron chi connectivity index (χ3n) is 3.79. The zero-order chi connectivity index (χ0) is 16.4. The number of fused-ring (bicyclic) bond motifs is 1. The average molecular weight is 310 g/mol. The highest BCUT2D eigenvalue weighted by molar-refractivity contribution is 5.99. The van der Waals surface area contributed by atoms with Gasteiger partial charge in [0.2, 0.25) is 0 Å². The Labute approximate surface area is 132 Å². The molecule has 2 amide bonds. The summed E-state index contributed by atoms with van der Waals surface area (Å²) in [5, 5.41) is 8.68. The summed E-state index contributed by atoms with van der Waals surface area (Å²) < 4.78 is 1.71. The SMILES string of the molecule is [C-]#[N+]c1cccc(CN2CCn3cc(C(=O)NO)cc3C2=O)c1. The second kappa shape index (κ2) is 5.94. The first-order valence-corrected chi connectivity index (χ1v) is 7.02. The van der Waals surface area contributed by atoms with Gasteiger partial charge in [-0.05, 0) is 11.6 Å². The number of carbonyl (C=O) groups is 2. The van der Waals surface area contributed by atoms with Gasteiger partial charge in [-0.25, -0.2) is 10.3 Å². The highest BCUT2D eigenvalue weighted by atomic mass is 16.5. The molecule has 0 spiro atoms. The second-order valence-corrected chi connectivity index (χ2v) is 5.26. The largest absolute Gasteiger partial charge is 0.341 e. The van der Waals surface area contributed by atoms with E-state index in [0.29, 0.717) is 31.0 Å². The van der Waals surface area contributed by atoms with Gasteiger partial charge in [-0.15, -0.1) is 0 Å². The first-order valence-electron chi connectivity index (χ1n) is 7.02. The van der Waals surface area contributed by atoms with Crippen molar-refractivity contribution >= 4 is 17.5 Å². The first-order chi connectivity index (χ1) is 11.1. The van der Waals surface area contributed by atoms with Gasteiger partial charge in [0.1, 0.15) is 5.69 Å². The molecule has 2 aromatic rings. The topological polar surface area (TPSA) is 78.9 Å². The normalized spacial score (nSPS) is 13.4. The van der Waals surface area contributed by atoms with Gasteiger partial charge in [0.15, 0.2) is 5.69 Å². The highest BCUT2D eigenvalue weighted by Gasteiger charge is 2.26. The van der Waals surface area contributed by atoms with Crippen LogP contribution in [0.3, 0.4) is 0 Å². The third kappa shape index (κ3) is 2.80. The molecule has 0 unspecified atom stereocenters. The summed E-state index contributed by atoms with van der Waals surface area (Å²) in [7, 11) is 0. The van der Waals surface area contributed by atoms with Crippen molar-refractivity contribution in [3.8, 4) is 0 Å². The fraction of sp³-hybridized carbons (Fsp3) is 0.188. The van der Waals surface area contributed by atoms with Crippen molar-refractivity contribution in [2.24, 2.45) is 0 Å². The van der Waals surface area contributed by atoms with Gasteiger partial charge in [-0.1, -0.05) is 24.3 Å². The van der Waals surface area contributed by atoms with Crippen molar-refractivity contribution in [3.05, 3.63) is 64.8 Å². The van der Waals surface area contributed by atoms with Crippen molar-refractivity contribution in [3.63, 3.8) is 0 Å². The molecule has 0 fully saturated rings. The molecule has 116 valence electrons. The number of amides is 2. The van der Waals surface area contributed by atoms with Crippen LogP contribution in [0.1, 0.15) is 26.4 Å². The van der Waals surface area contributed by atoms with E-state index in [1.54, 1.807) is 39.3 Å². The molecule has 2 N–H and O–H groups in total. The molecule has 1 aromatic carbocycles. The quantitative estimate of drug-likeness (QED) is 0.515. The van der Waals surface area contributed by atoms with Crippen LogP contribution in [0.5, 0.6) is 0 Å². The smallest absolute Gasteiger partial charge is 0.276 e. The molecule has 1 aliphatic heterocycles. The van der Waals surface area contributed by atoms with Gasteiger partial charge in [0, 0.05) is 25.8 Å². The minimum atomic E-state index is -0.643. The number of nitrogens with zero attached hydrogens (tertiary/aromatic N) is 3. The Morgan fingerprint density at radius 2 is 2.17 bits per heavy atom. The lowest BCUT2D eigenvalue weighted by Gasteiger charge is -2.28. The standard InChI is InChI=1S/C16H14N4O3/c1-17-13-4-2-3-11(7-13)9-20-6-5-19-10-12(15(21)18-23)8-14(19)16(20)22/h2-4,7-8,10,23H,5-6,9H2,(H,18,21). The molecule has 1 aliphatic rings. The number of hydroxylamine groups is 1. The predicted molar refractivity (Wildman–Crippen MR) is 81.1 cm³/mol. The number of aromatic nitrogens is 1. The van der Waals surface area contributed by atoms with Crippen LogP contribution in [0.15, 0.2) is 36.5 Å². The van der Waals surface area contributed by atoms with E-state index >= 15 is 0 Å². The van der Waals surface area contributed by atoms with Crippen molar-refractivity contribution in [1.29, 1.82) is 0 Å². The summed E-state index contributed by atoms with van der Waals surface area (Å²) in [6.45, 7) is 8.54. The van der Waals surface area contributed by atoms with E-state index in [4.69, 9.17) is 11.8 Å².